The summed E-state index contributed by atoms with van der Waals surface area (Å²) >= 11 is 0. The minimum Gasteiger partial charge on any atom is -0.493 e. The molecule has 8 nitrogen and oxygen atoms in total. The average molecular weight is 459 g/mol. The predicted octanol–water partition coefficient (Wildman–Crippen LogP) is 2.75. The number of pyridine rings is 1. The van der Waals surface area contributed by atoms with Crippen LogP contribution in [0.25, 0.3) is 0 Å². The quantitative estimate of drug-likeness (QED) is 0.529. The van der Waals surface area contributed by atoms with Crippen molar-refractivity contribution in [3.63, 3.8) is 0 Å². The number of hydrogen-bond donors (Lipinski definition) is 1. The minimum absolute atomic E-state index is 0.114. The number of rotatable bonds is 9. The Morgan fingerprint density at radius 2 is 1.75 bits per heavy atom. The Morgan fingerprint density at radius 3 is 2.38 bits per heavy atom. The first-order valence-electron chi connectivity index (χ1n) is 9.52. The first-order valence-corrected chi connectivity index (χ1v) is 11.0. The highest BCUT2D eigenvalue weighted by atomic mass is 32.2. The summed E-state index contributed by atoms with van der Waals surface area (Å²) in [6.45, 7) is -0.386. The number of sulfonamides is 1. The van der Waals surface area contributed by atoms with E-state index < -0.39 is 28.3 Å². The van der Waals surface area contributed by atoms with Gasteiger partial charge in [-0.25, -0.2) is 12.8 Å². The van der Waals surface area contributed by atoms with E-state index >= 15 is 0 Å². The van der Waals surface area contributed by atoms with Crippen molar-refractivity contribution in [1.29, 1.82) is 0 Å². The van der Waals surface area contributed by atoms with Crippen molar-refractivity contribution in [2.24, 2.45) is 0 Å². The predicted molar refractivity (Wildman–Crippen MR) is 117 cm³/mol. The highest BCUT2D eigenvalue weighted by Crippen LogP contribution is 2.32. The number of aromatic nitrogens is 1. The molecule has 0 fully saturated rings. The van der Waals surface area contributed by atoms with E-state index in [0.29, 0.717) is 11.4 Å². The summed E-state index contributed by atoms with van der Waals surface area (Å²) in [6, 6.07) is 14.2. The first kappa shape index (κ1) is 23.0. The van der Waals surface area contributed by atoms with Crippen LogP contribution in [-0.4, -0.2) is 40.1 Å². The molecule has 0 aliphatic heterocycles. The number of carbonyl (C=O) groups excluding carboxylic acids is 1. The molecular weight excluding hydrogens is 437 g/mol. The van der Waals surface area contributed by atoms with E-state index in [1.54, 1.807) is 24.4 Å². The molecule has 1 aromatic heterocycles. The number of carbonyl (C=O) groups is 1. The van der Waals surface area contributed by atoms with Gasteiger partial charge in [0.2, 0.25) is 5.91 Å². The summed E-state index contributed by atoms with van der Waals surface area (Å²) in [4.78, 5) is 16.6. The van der Waals surface area contributed by atoms with Crippen LogP contribution in [-0.2, 0) is 21.4 Å². The molecule has 0 atom stereocenters. The molecule has 10 heteroatoms. The second kappa shape index (κ2) is 10.1. The molecule has 1 heterocycles. The van der Waals surface area contributed by atoms with Gasteiger partial charge < -0.3 is 14.8 Å². The molecule has 3 aromatic rings. The molecule has 0 bridgehead atoms. The fourth-order valence-corrected chi connectivity index (χ4v) is 4.34. The van der Waals surface area contributed by atoms with Crippen LogP contribution in [0.15, 0.2) is 71.8 Å². The van der Waals surface area contributed by atoms with Crippen LogP contribution in [0.4, 0.5) is 10.1 Å². The maximum atomic E-state index is 13.4. The number of ether oxygens (including phenoxy) is 2. The normalized spacial score (nSPS) is 11.0. The van der Waals surface area contributed by atoms with Crippen molar-refractivity contribution in [3.8, 4) is 11.5 Å². The molecule has 0 aliphatic rings. The van der Waals surface area contributed by atoms with Crippen molar-refractivity contribution in [1.82, 2.24) is 10.3 Å². The lowest BCUT2D eigenvalue weighted by Gasteiger charge is -2.24. The highest BCUT2D eigenvalue weighted by molar-refractivity contribution is 7.92. The number of nitrogens with one attached hydrogen (secondary N) is 1. The molecule has 3 rings (SSSR count). The molecule has 168 valence electrons. The van der Waals surface area contributed by atoms with E-state index in [9.17, 15) is 17.6 Å². The Morgan fingerprint density at radius 1 is 1.03 bits per heavy atom. The standard InChI is InChI=1S/C22H22FN3O5S/c1-30-20-11-10-19(13-21(20)31-2)32(28,29)26(18-8-6-16(23)7-9-18)15-22(27)25-14-17-5-3-4-12-24-17/h3-13H,14-15H2,1-2H3,(H,25,27). The van der Waals surface area contributed by atoms with Gasteiger partial charge >= 0.3 is 0 Å². The number of methoxy groups -OCH3 is 2. The third-order valence-electron chi connectivity index (χ3n) is 4.54. The molecule has 1 N–H and O–H groups in total. The smallest absolute Gasteiger partial charge is 0.264 e. The van der Waals surface area contributed by atoms with E-state index in [-0.39, 0.29) is 22.9 Å². The monoisotopic (exact) mass is 459 g/mol. The lowest BCUT2D eigenvalue weighted by molar-refractivity contribution is -0.119. The molecule has 0 spiro atoms. The van der Waals surface area contributed by atoms with E-state index in [1.165, 1.54) is 44.6 Å². The van der Waals surface area contributed by atoms with Crippen LogP contribution in [0.3, 0.4) is 0 Å². The van der Waals surface area contributed by atoms with Crippen molar-refractivity contribution in [3.05, 3.63) is 78.4 Å². The lowest BCUT2D eigenvalue weighted by atomic mass is 10.3. The van der Waals surface area contributed by atoms with Gasteiger partial charge in [0.25, 0.3) is 10.0 Å². The average Bonchev–Trinajstić information content (AvgIpc) is 2.82. The molecule has 1 amide bonds. The summed E-state index contributed by atoms with van der Waals surface area (Å²) < 4.78 is 51.6. The zero-order valence-corrected chi connectivity index (χ0v) is 18.3. The van der Waals surface area contributed by atoms with E-state index in [2.05, 4.69) is 10.3 Å². The van der Waals surface area contributed by atoms with E-state index in [4.69, 9.17) is 9.47 Å². The topological polar surface area (TPSA) is 97.8 Å². The van der Waals surface area contributed by atoms with Crippen molar-refractivity contribution in [2.75, 3.05) is 25.1 Å². The van der Waals surface area contributed by atoms with Gasteiger partial charge in [-0.3, -0.25) is 14.1 Å². The second-order valence-corrected chi connectivity index (χ2v) is 8.47. The number of benzene rings is 2. The lowest BCUT2D eigenvalue weighted by Crippen LogP contribution is -2.40. The van der Waals surface area contributed by atoms with Crippen LogP contribution >= 0.6 is 0 Å². The number of hydrogen-bond acceptors (Lipinski definition) is 6. The molecule has 0 saturated carbocycles. The molecule has 0 radical (unpaired) electrons. The second-order valence-electron chi connectivity index (χ2n) is 6.60. The molecular formula is C22H22FN3O5S. The van der Waals surface area contributed by atoms with Gasteiger partial charge in [-0.2, -0.15) is 0 Å². The van der Waals surface area contributed by atoms with Crippen LogP contribution in [0.1, 0.15) is 5.69 Å². The highest BCUT2D eigenvalue weighted by Gasteiger charge is 2.28. The van der Waals surface area contributed by atoms with E-state index in [0.717, 1.165) is 16.4 Å². The minimum atomic E-state index is -4.20. The summed E-state index contributed by atoms with van der Waals surface area (Å²) in [7, 11) is -1.38. The van der Waals surface area contributed by atoms with Gasteiger partial charge in [0.15, 0.2) is 11.5 Å². The van der Waals surface area contributed by atoms with Crippen molar-refractivity contribution < 1.29 is 27.1 Å². The Kier molecular flexibility index (Phi) is 7.26. The maximum Gasteiger partial charge on any atom is 0.264 e. The fourth-order valence-electron chi connectivity index (χ4n) is 2.90. The van der Waals surface area contributed by atoms with Crippen molar-refractivity contribution in [2.45, 2.75) is 11.4 Å². The summed E-state index contributed by atoms with van der Waals surface area (Å²) in [5.74, 6) is -0.513. The number of amides is 1. The van der Waals surface area contributed by atoms with Gasteiger partial charge in [0, 0.05) is 12.3 Å². The number of halogens is 1. The third-order valence-corrected chi connectivity index (χ3v) is 6.31. The Bertz CT molecular complexity index is 1170. The van der Waals surface area contributed by atoms with Crippen LogP contribution in [0.2, 0.25) is 0 Å². The third kappa shape index (κ3) is 5.33. The Labute approximate surface area is 185 Å². The van der Waals surface area contributed by atoms with Gasteiger partial charge in [-0.05, 0) is 48.5 Å². The fraction of sp³-hybridized carbons (Fsp3) is 0.182. The van der Waals surface area contributed by atoms with Crippen LogP contribution in [0.5, 0.6) is 11.5 Å². The Balaban J connectivity index is 1.91. The van der Waals surface area contributed by atoms with Gasteiger partial charge in [-0.15, -0.1) is 0 Å². The van der Waals surface area contributed by atoms with Gasteiger partial charge in [-0.1, -0.05) is 6.07 Å². The van der Waals surface area contributed by atoms with Crippen molar-refractivity contribution >= 4 is 21.6 Å². The van der Waals surface area contributed by atoms with Crippen LogP contribution in [0, 0.1) is 5.82 Å². The number of anilines is 1. The maximum absolute atomic E-state index is 13.4. The summed E-state index contributed by atoms with van der Waals surface area (Å²) in [6.07, 6.45) is 1.59. The Hall–Kier alpha value is -3.66. The zero-order valence-electron chi connectivity index (χ0n) is 17.5. The molecule has 0 saturated heterocycles. The molecule has 0 unspecified atom stereocenters. The summed E-state index contributed by atoms with van der Waals surface area (Å²) in [5.41, 5.74) is 0.756. The van der Waals surface area contributed by atoms with Gasteiger partial charge in [0.05, 0.1) is 37.0 Å². The first-order chi connectivity index (χ1) is 15.3. The summed E-state index contributed by atoms with van der Waals surface area (Å²) in [5, 5.41) is 2.65. The van der Waals surface area contributed by atoms with Crippen LogP contribution < -0.4 is 19.1 Å². The molecule has 32 heavy (non-hydrogen) atoms. The molecule has 2 aromatic carbocycles. The van der Waals surface area contributed by atoms with Gasteiger partial charge in [0.1, 0.15) is 12.4 Å². The SMILES string of the molecule is COc1ccc(S(=O)(=O)N(CC(=O)NCc2ccccn2)c2ccc(F)cc2)cc1OC. The number of nitrogens with zero attached hydrogens (tertiary/aromatic N) is 2. The largest absolute Gasteiger partial charge is 0.493 e. The molecule has 0 aliphatic carbocycles. The zero-order chi connectivity index (χ0) is 23.1. The van der Waals surface area contributed by atoms with E-state index in [1.807, 2.05) is 0 Å².